The van der Waals surface area contributed by atoms with E-state index >= 15 is 0 Å². The highest BCUT2D eigenvalue weighted by Crippen LogP contribution is 2.44. The molecule has 0 radical (unpaired) electrons. The normalized spacial score (nSPS) is 31.8. The van der Waals surface area contributed by atoms with Crippen molar-refractivity contribution in [2.75, 3.05) is 6.61 Å². The zero-order valence-electron chi connectivity index (χ0n) is 21.3. The van der Waals surface area contributed by atoms with Crippen LogP contribution < -0.4 is 4.74 Å². The average Bonchev–Trinajstić information content (AvgIpc) is 2.88. The quantitative estimate of drug-likeness (QED) is 0.510. The van der Waals surface area contributed by atoms with Gasteiger partial charge in [-0.3, -0.25) is 4.79 Å². The molecule has 4 rings (SSSR count). The van der Waals surface area contributed by atoms with Crippen LogP contribution in [0.3, 0.4) is 0 Å². The average molecular weight is 510 g/mol. The lowest BCUT2D eigenvalue weighted by atomic mass is 9.66. The fraction of sp³-hybridized carbons (Fsp3) is 0.552. The van der Waals surface area contributed by atoms with Gasteiger partial charge >= 0.3 is 11.9 Å². The third-order valence-electron chi connectivity index (χ3n) is 7.79. The number of fused-ring (bicyclic) bond motifs is 1. The predicted octanol–water partition coefficient (Wildman–Crippen LogP) is 3.46. The number of hydrogen-bond acceptors (Lipinski definition) is 8. The number of aliphatic hydroxyl groups is 2. The minimum Gasteiger partial charge on any atom is -0.477 e. The van der Waals surface area contributed by atoms with Crippen molar-refractivity contribution >= 4 is 11.9 Å². The largest absolute Gasteiger partial charge is 0.477 e. The van der Waals surface area contributed by atoms with E-state index in [9.17, 15) is 25.1 Å². The molecule has 2 aliphatic carbocycles. The predicted molar refractivity (Wildman–Crippen MR) is 134 cm³/mol. The van der Waals surface area contributed by atoms with E-state index in [4.69, 9.17) is 14.2 Å². The van der Waals surface area contributed by atoms with Crippen LogP contribution in [-0.4, -0.2) is 53.2 Å². The summed E-state index contributed by atoms with van der Waals surface area (Å²) in [4.78, 5) is 25.5. The lowest BCUT2D eigenvalue weighted by molar-refractivity contribution is -0.163. The van der Waals surface area contributed by atoms with Crippen LogP contribution in [-0.2, 0) is 19.1 Å². The van der Waals surface area contributed by atoms with E-state index in [1.165, 1.54) is 0 Å². The van der Waals surface area contributed by atoms with Gasteiger partial charge in [0.05, 0.1) is 30.3 Å². The molecule has 0 aromatic heterocycles. The Morgan fingerprint density at radius 1 is 1.27 bits per heavy atom. The first-order valence-corrected chi connectivity index (χ1v) is 13.1. The van der Waals surface area contributed by atoms with Crippen LogP contribution in [0.5, 0.6) is 5.75 Å². The zero-order valence-corrected chi connectivity index (χ0v) is 21.3. The number of aliphatic hydroxyl groups excluding tert-OH is 2. The maximum absolute atomic E-state index is 13.3. The summed E-state index contributed by atoms with van der Waals surface area (Å²) in [6.07, 6.45) is 5.08. The molecule has 3 unspecified atom stereocenters. The second-order valence-electron chi connectivity index (χ2n) is 10.2. The van der Waals surface area contributed by atoms with E-state index in [1.807, 2.05) is 19.1 Å². The van der Waals surface area contributed by atoms with Gasteiger partial charge in [0.15, 0.2) is 6.10 Å². The second-order valence-corrected chi connectivity index (χ2v) is 10.2. The van der Waals surface area contributed by atoms with E-state index in [-0.39, 0.29) is 36.8 Å². The Balaban J connectivity index is 1.51. The fourth-order valence-corrected chi connectivity index (χ4v) is 5.75. The molecule has 8 nitrogen and oxygen atoms in total. The number of rotatable bonds is 8. The van der Waals surface area contributed by atoms with Gasteiger partial charge in [-0.25, -0.2) is 4.79 Å². The summed E-state index contributed by atoms with van der Waals surface area (Å²) >= 11 is 0. The van der Waals surface area contributed by atoms with Crippen LogP contribution in [0.4, 0.5) is 0 Å². The van der Waals surface area contributed by atoms with Crippen molar-refractivity contribution in [3.8, 4) is 11.8 Å². The molecule has 8 heteroatoms. The van der Waals surface area contributed by atoms with Crippen molar-refractivity contribution in [2.45, 2.75) is 70.4 Å². The SMILES string of the molecule is CCC(Oc1ccccc1C#N)C(=O)O[C@H]1C[C@H](O)C=C2C=C[C@H](C)[C@H](CCC3C(=O)OCCC3O)[C@H]21. The number of ether oxygens (including phenoxy) is 3. The zero-order chi connectivity index (χ0) is 26.5. The Bertz CT molecular complexity index is 1090. The summed E-state index contributed by atoms with van der Waals surface area (Å²) in [5, 5.41) is 30.2. The van der Waals surface area contributed by atoms with Gasteiger partial charge in [0, 0.05) is 18.8 Å². The number of benzene rings is 1. The number of carbonyl (C=O) groups is 2. The van der Waals surface area contributed by atoms with Gasteiger partial charge in [0.2, 0.25) is 0 Å². The summed E-state index contributed by atoms with van der Waals surface area (Å²) in [7, 11) is 0. The summed E-state index contributed by atoms with van der Waals surface area (Å²) in [6.45, 7) is 4.14. The molecule has 1 heterocycles. The van der Waals surface area contributed by atoms with Gasteiger partial charge in [0.25, 0.3) is 0 Å². The molecule has 0 saturated carbocycles. The standard InChI is InChI=1S/C29H35NO7/c1-3-24(36-25-7-5-4-6-19(25)16-30)29(34)37-26-15-20(31)14-18-9-8-17(2)21(27(18)26)10-11-22-23(32)12-13-35-28(22)33/h4-9,14,17,20-24,26-27,31-32H,3,10-13,15H2,1-2H3/t17-,20+,21-,22?,23?,24?,26-,27-/m0/s1. The first-order chi connectivity index (χ1) is 17.8. The van der Waals surface area contributed by atoms with Crippen molar-refractivity contribution in [2.24, 2.45) is 23.7 Å². The van der Waals surface area contributed by atoms with Gasteiger partial charge < -0.3 is 24.4 Å². The number of hydrogen-bond donors (Lipinski definition) is 2. The number of nitrogens with zero attached hydrogens (tertiary/aromatic N) is 1. The molecule has 8 atom stereocenters. The lowest BCUT2D eigenvalue weighted by Crippen LogP contribution is -2.45. The Labute approximate surface area is 217 Å². The van der Waals surface area contributed by atoms with Crippen molar-refractivity contribution < 1.29 is 34.0 Å². The monoisotopic (exact) mass is 509 g/mol. The Hall–Kier alpha value is -3.15. The number of cyclic esters (lactones) is 1. The summed E-state index contributed by atoms with van der Waals surface area (Å²) in [5.41, 5.74) is 1.25. The third kappa shape index (κ3) is 6.06. The third-order valence-corrected chi connectivity index (χ3v) is 7.79. The molecule has 1 aliphatic heterocycles. The van der Waals surface area contributed by atoms with Crippen LogP contribution in [0.15, 0.2) is 48.1 Å². The van der Waals surface area contributed by atoms with Gasteiger partial charge in [-0.2, -0.15) is 5.26 Å². The number of nitriles is 1. The maximum Gasteiger partial charge on any atom is 0.347 e. The Morgan fingerprint density at radius 3 is 2.78 bits per heavy atom. The topological polar surface area (TPSA) is 126 Å². The van der Waals surface area contributed by atoms with Gasteiger partial charge in [-0.15, -0.1) is 0 Å². The molecular formula is C29H35NO7. The first-order valence-electron chi connectivity index (χ1n) is 13.1. The molecule has 1 saturated heterocycles. The number of carbonyl (C=O) groups excluding carboxylic acids is 2. The van der Waals surface area contributed by atoms with Crippen LogP contribution in [0, 0.1) is 35.0 Å². The van der Waals surface area contributed by atoms with E-state index < -0.39 is 36.3 Å². The molecule has 198 valence electrons. The van der Waals surface area contributed by atoms with Crippen molar-refractivity contribution in [1.82, 2.24) is 0 Å². The van der Waals surface area contributed by atoms with Crippen molar-refractivity contribution in [1.29, 1.82) is 5.26 Å². The molecule has 1 aromatic carbocycles. The molecule has 3 aliphatic rings. The number of para-hydroxylation sites is 1. The smallest absolute Gasteiger partial charge is 0.347 e. The number of allylic oxidation sites excluding steroid dienone is 2. The molecule has 37 heavy (non-hydrogen) atoms. The van der Waals surface area contributed by atoms with Crippen LogP contribution in [0.1, 0.15) is 51.5 Å². The highest BCUT2D eigenvalue weighted by atomic mass is 16.6. The summed E-state index contributed by atoms with van der Waals surface area (Å²) in [5.74, 6) is -1.11. The first kappa shape index (κ1) is 26.9. The lowest BCUT2D eigenvalue weighted by Gasteiger charge is -2.43. The Kier molecular flexibility index (Phi) is 8.67. The maximum atomic E-state index is 13.3. The van der Waals surface area contributed by atoms with Crippen LogP contribution in [0.2, 0.25) is 0 Å². The van der Waals surface area contributed by atoms with Gasteiger partial charge in [-0.05, 0) is 48.8 Å². The van der Waals surface area contributed by atoms with Crippen LogP contribution in [0.25, 0.3) is 0 Å². The molecular weight excluding hydrogens is 474 g/mol. The van der Waals surface area contributed by atoms with E-state index in [0.29, 0.717) is 37.0 Å². The Morgan fingerprint density at radius 2 is 2.05 bits per heavy atom. The molecule has 0 spiro atoms. The highest BCUT2D eigenvalue weighted by molar-refractivity contribution is 5.75. The molecule has 0 bridgehead atoms. The molecule has 1 aromatic rings. The molecule has 1 fully saturated rings. The number of esters is 2. The summed E-state index contributed by atoms with van der Waals surface area (Å²) in [6, 6.07) is 8.81. The van der Waals surface area contributed by atoms with E-state index in [2.05, 4.69) is 19.1 Å². The molecule has 0 amide bonds. The minimum absolute atomic E-state index is 0.0452. The van der Waals surface area contributed by atoms with Crippen LogP contribution >= 0.6 is 0 Å². The van der Waals surface area contributed by atoms with E-state index in [1.54, 1.807) is 24.3 Å². The summed E-state index contributed by atoms with van der Waals surface area (Å²) < 4.78 is 17.1. The second kappa shape index (κ2) is 11.9. The molecule has 2 N–H and O–H groups in total. The minimum atomic E-state index is -0.900. The highest BCUT2D eigenvalue weighted by Gasteiger charge is 2.43. The fourth-order valence-electron chi connectivity index (χ4n) is 5.75. The van der Waals surface area contributed by atoms with Crippen molar-refractivity contribution in [3.63, 3.8) is 0 Å². The van der Waals surface area contributed by atoms with Gasteiger partial charge in [-0.1, -0.05) is 44.2 Å². The van der Waals surface area contributed by atoms with E-state index in [0.717, 1.165) is 5.57 Å². The van der Waals surface area contributed by atoms with Gasteiger partial charge in [0.1, 0.15) is 17.9 Å². The van der Waals surface area contributed by atoms with Crippen molar-refractivity contribution in [3.05, 3.63) is 53.6 Å².